The van der Waals surface area contributed by atoms with Gasteiger partial charge < -0.3 is 10.6 Å². The molecule has 0 bridgehead atoms. The van der Waals surface area contributed by atoms with E-state index in [1.54, 1.807) is 6.20 Å². The summed E-state index contributed by atoms with van der Waals surface area (Å²) in [4.78, 5) is 18.5. The number of rotatable bonds is 2. The van der Waals surface area contributed by atoms with Crippen LogP contribution in [0.25, 0.3) is 0 Å². The van der Waals surface area contributed by atoms with Gasteiger partial charge in [-0.1, -0.05) is 6.07 Å². The molecule has 0 aliphatic carbocycles. The molecule has 0 radical (unpaired) electrons. The standard InChI is InChI=1S/C14H21N3O/c1-14(2)7-6-11(15)10-17(14)13(18)9-12-5-3-4-8-16-12/h3-5,8,11H,6-7,9-10,15H2,1-2H3. The number of amides is 1. The van der Waals surface area contributed by atoms with E-state index >= 15 is 0 Å². The molecule has 18 heavy (non-hydrogen) atoms. The van der Waals surface area contributed by atoms with Crippen molar-refractivity contribution in [3.8, 4) is 0 Å². The van der Waals surface area contributed by atoms with Crippen LogP contribution in [0.2, 0.25) is 0 Å². The van der Waals surface area contributed by atoms with E-state index in [1.165, 1.54) is 0 Å². The maximum atomic E-state index is 12.4. The second-order valence-electron chi connectivity index (χ2n) is 5.61. The van der Waals surface area contributed by atoms with Gasteiger partial charge >= 0.3 is 0 Å². The van der Waals surface area contributed by atoms with Gasteiger partial charge in [0.05, 0.1) is 6.42 Å². The van der Waals surface area contributed by atoms with Crippen molar-refractivity contribution < 1.29 is 4.79 Å². The molecule has 2 N–H and O–H groups in total. The first-order chi connectivity index (χ1) is 8.49. The number of carbonyl (C=O) groups excluding carboxylic acids is 1. The lowest BCUT2D eigenvalue weighted by atomic mass is 9.88. The predicted octanol–water partition coefficient (Wildman–Crippen LogP) is 1.35. The van der Waals surface area contributed by atoms with Gasteiger partial charge in [0.2, 0.25) is 5.91 Å². The van der Waals surface area contributed by atoms with Gasteiger partial charge in [-0.05, 0) is 38.8 Å². The van der Waals surface area contributed by atoms with Gasteiger partial charge in [-0.2, -0.15) is 0 Å². The average molecular weight is 247 g/mol. The quantitative estimate of drug-likeness (QED) is 0.858. The Morgan fingerprint density at radius 3 is 3.00 bits per heavy atom. The molecule has 0 spiro atoms. The Morgan fingerprint density at radius 1 is 1.56 bits per heavy atom. The van der Waals surface area contributed by atoms with E-state index in [9.17, 15) is 4.79 Å². The van der Waals surface area contributed by atoms with E-state index in [1.807, 2.05) is 23.1 Å². The average Bonchev–Trinajstić information content (AvgIpc) is 2.33. The highest BCUT2D eigenvalue weighted by atomic mass is 16.2. The molecule has 0 saturated carbocycles. The fourth-order valence-corrected chi connectivity index (χ4v) is 2.44. The summed E-state index contributed by atoms with van der Waals surface area (Å²) in [6.07, 6.45) is 4.02. The van der Waals surface area contributed by atoms with E-state index in [-0.39, 0.29) is 17.5 Å². The monoisotopic (exact) mass is 247 g/mol. The Labute approximate surface area is 108 Å². The highest BCUT2D eigenvalue weighted by molar-refractivity contribution is 5.79. The summed E-state index contributed by atoms with van der Waals surface area (Å²) >= 11 is 0. The van der Waals surface area contributed by atoms with Crippen LogP contribution in [0.4, 0.5) is 0 Å². The Bertz CT molecular complexity index is 416. The van der Waals surface area contributed by atoms with Crippen LogP contribution in [0.1, 0.15) is 32.4 Å². The number of nitrogens with two attached hydrogens (primary N) is 1. The molecule has 1 amide bonds. The van der Waals surface area contributed by atoms with Crippen LogP contribution in [0.15, 0.2) is 24.4 Å². The van der Waals surface area contributed by atoms with Gasteiger partial charge in [0, 0.05) is 30.0 Å². The van der Waals surface area contributed by atoms with Crippen molar-refractivity contribution in [2.45, 2.75) is 44.7 Å². The van der Waals surface area contributed by atoms with Crippen molar-refractivity contribution in [2.24, 2.45) is 5.73 Å². The zero-order valence-corrected chi connectivity index (χ0v) is 11.1. The van der Waals surface area contributed by atoms with Gasteiger partial charge in [0.15, 0.2) is 0 Å². The molecular formula is C14H21N3O. The van der Waals surface area contributed by atoms with Crippen molar-refractivity contribution in [2.75, 3.05) is 6.54 Å². The summed E-state index contributed by atoms with van der Waals surface area (Å²) in [6, 6.07) is 5.75. The molecule has 0 aromatic carbocycles. The lowest BCUT2D eigenvalue weighted by Crippen LogP contribution is -2.57. The minimum atomic E-state index is -0.0955. The van der Waals surface area contributed by atoms with Crippen molar-refractivity contribution >= 4 is 5.91 Å². The Hall–Kier alpha value is -1.42. The van der Waals surface area contributed by atoms with Crippen LogP contribution < -0.4 is 5.73 Å². The molecule has 98 valence electrons. The van der Waals surface area contributed by atoms with E-state index < -0.39 is 0 Å². The number of likely N-dealkylation sites (tertiary alicyclic amines) is 1. The normalized spacial score (nSPS) is 22.8. The molecule has 1 atom stereocenters. The Morgan fingerprint density at radius 2 is 2.33 bits per heavy atom. The molecule has 1 aromatic rings. The van der Waals surface area contributed by atoms with Gasteiger partial charge in [0.25, 0.3) is 0 Å². The summed E-state index contributed by atoms with van der Waals surface area (Å²) in [5.74, 6) is 0.119. The molecule has 1 fully saturated rings. The number of hydrogen-bond donors (Lipinski definition) is 1. The summed E-state index contributed by atoms with van der Waals surface area (Å²) in [7, 11) is 0. The lowest BCUT2D eigenvalue weighted by Gasteiger charge is -2.44. The fraction of sp³-hybridized carbons (Fsp3) is 0.571. The molecule has 2 rings (SSSR count). The van der Waals surface area contributed by atoms with Crippen LogP contribution in [0.5, 0.6) is 0 Å². The second kappa shape index (κ2) is 5.06. The van der Waals surface area contributed by atoms with E-state index in [2.05, 4.69) is 18.8 Å². The summed E-state index contributed by atoms with van der Waals surface area (Å²) < 4.78 is 0. The van der Waals surface area contributed by atoms with Crippen molar-refractivity contribution in [3.05, 3.63) is 30.1 Å². The van der Waals surface area contributed by atoms with E-state index in [0.717, 1.165) is 18.5 Å². The molecule has 2 heterocycles. The summed E-state index contributed by atoms with van der Waals surface area (Å²) in [6.45, 7) is 4.86. The van der Waals surface area contributed by atoms with Crippen molar-refractivity contribution in [3.63, 3.8) is 0 Å². The number of nitrogens with zero attached hydrogens (tertiary/aromatic N) is 2. The molecule has 1 aliphatic heterocycles. The van der Waals surface area contributed by atoms with Crippen molar-refractivity contribution in [1.29, 1.82) is 0 Å². The predicted molar refractivity (Wildman–Crippen MR) is 70.9 cm³/mol. The molecule has 4 nitrogen and oxygen atoms in total. The highest BCUT2D eigenvalue weighted by Crippen LogP contribution is 2.27. The number of piperidine rings is 1. The first-order valence-electron chi connectivity index (χ1n) is 6.45. The minimum Gasteiger partial charge on any atom is -0.336 e. The Balaban J connectivity index is 2.07. The lowest BCUT2D eigenvalue weighted by molar-refractivity contribution is -0.138. The first kappa shape index (κ1) is 13.0. The maximum absolute atomic E-state index is 12.4. The SMILES string of the molecule is CC1(C)CCC(N)CN1C(=O)Cc1ccccn1. The zero-order chi connectivity index (χ0) is 13.2. The molecule has 1 aromatic heterocycles. The van der Waals surface area contributed by atoms with Gasteiger partial charge in [-0.15, -0.1) is 0 Å². The summed E-state index contributed by atoms with van der Waals surface area (Å²) in [5, 5.41) is 0. The molecule has 4 heteroatoms. The first-order valence-corrected chi connectivity index (χ1v) is 6.45. The van der Waals surface area contributed by atoms with Crippen LogP contribution >= 0.6 is 0 Å². The summed E-state index contributed by atoms with van der Waals surface area (Å²) in [5.41, 5.74) is 6.69. The van der Waals surface area contributed by atoms with Gasteiger partial charge in [0.1, 0.15) is 0 Å². The van der Waals surface area contributed by atoms with Crippen LogP contribution in [-0.2, 0) is 11.2 Å². The molecule has 1 aliphatic rings. The number of carbonyl (C=O) groups is 1. The Kier molecular flexibility index (Phi) is 3.66. The fourth-order valence-electron chi connectivity index (χ4n) is 2.44. The highest BCUT2D eigenvalue weighted by Gasteiger charge is 2.35. The largest absolute Gasteiger partial charge is 0.336 e. The molecule has 1 unspecified atom stereocenters. The number of aromatic nitrogens is 1. The van der Waals surface area contributed by atoms with Gasteiger partial charge in [-0.3, -0.25) is 9.78 Å². The van der Waals surface area contributed by atoms with E-state index in [0.29, 0.717) is 13.0 Å². The maximum Gasteiger partial charge on any atom is 0.229 e. The van der Waals surface area contributed by atoms with Gasteiger partial charge in [-0.25, -0.2) is 0 Å². The number of hydrogen-bond acceptors (Lipinski definition) is 3. The third-order valence-corrected chi connectivity index (χ3v) is 3.63. The van der Waals surface area contributed by atoms with Crippen LogP contribution in [0, 0.1) is 0 Å². The molecule has 1 saturated heterocycles. The zero-order valence-electron chi connectivity index (χ0n) is 11.1. The molecular weight excluding hydrogens is 226 g/mol. The topological polar surface area (TPSA) is 59.2 Å². The third kappa shape index (κ3) is 2.88. The second-order valence-corrected chi connectivity index (χ2v) is 5.61. The van der Waals surface area contributed by atoms with Crippen LogP contribution in [0.3, 0.4) is 0 Å². The van der Waals surface area contributed by atoms with Crippen molar-refractivity contribution in [1.82, 2.24) is 9.88 Å². The minimum absolute atomic E-state index is 0.0955. The third-order valence-electron chi connectivity index (χ3n) is 3.63. The number of pyridine rings is 1. The van der Waals surface area contributed by atoms with Crippen LogP contribution in [-0.4, -0.2) is 33.9 Å². The van der Waals surface area contributed by atoms with E-state index in [4.69, 9.17) is 5.73 Å². The smallest absolute Gasteiger partial charge is 0.229 e.